The summed E-state index contributed by atoms with van der Waals surface area (Å²) in [4.78, 5) is 7.95. The molecule has 5 nitrogen and oxygen atoms in total. The molecule has 0 saturated heterocycles. The molecule has 0 radical (unpaired) electrons. The van der Waals surface area contributed by atoms with Gasteiger partial charge in [-0.25, -0.2) is 4.68 Å². The van der Waals surface area contributed by atoms with Gasteiger partial charge in [-0.2, -0.15) is 4.98 Å². The van der Waals surface area contributed by atoms with Crippen LogP contribution in [-0.4, -0.2) is 19.7 Å². The molecule has 6 heteroatoms. The lowest BCUT2D eigenvalue weighted by Gasteiger charge is -2.03. The monoisotopic (exact) mass is 253 g/mol. The fourth-order valence-corrected chi connectivity index (χ4v) is 1.62. The van der Waals surface area contributed by atoms with Crippen LogP contribution in [0.2, 0.25) is 0 Å². The molecule has 0 saturated carbocycles. The summed E-state index contributed by atoms with van der Waals surface area (Å²) in [5.41, 5.74) is 7.40. The molecule has 14 heavy (non-hydrogen) atoms. The summed E-state index contributed by atoms with van der Waals surface area (Å²) in [6.45, 7) is 1.95. The highest BCUT2D eigenvalue weighted by molar-refractivity contribution is 9.10. The van der Waals surface area contributed by atoms with Crippen molar-refractivity contribution in [3.05, 3.63) is 28.8 Å². The zero-order valence-electron chi connectivity index (χ0n) is 7.48. The van der Waals surface area contributed by atoms with Gasteiger partial charge < -0.3 is 5.73 Å². The molecule has 0 fully saturated rings. The van der Waals surface area contributed by atoms with E-state index in [1.165, 1.54) is 0 Å². The average Bonchev–Trinajstić information content (AvgIpc) is 2.46. The Morgan fingerprint density at radius 1 is 1.50 bits per heavy atom. The van der Waals surface area contributed by atoms with E-state index in [1.54, 1.807) is 17.1 Å². The van der Waals surface area contributed by atoms with Crippen molar-refractivity contribution in [1.29, 1.82) is 0 Å². The second-order valence-corrected chi connectivity index (χ2v) is 3.52. The van der Waals surface area contributed by atoms with Crippen LogP contribution in [0.3, 0.4) is 0 Å². The van der Waals surface area contributed by atoms with Crippen molar-refractivity contribution in [2.24, 2.45) is 0 Å². The van der Waals surface area contributed by atoms with Crippen molar-refractivity contribution in [2.45, 2.75) is 6.92 Å². The van der Waals surface area contributed by atoms with Crippen LogP contribution in [0.1, 0.15) is 5.56 Å². The Morgan fingerprint density at radius 2 is 2.29 bits per heavy atom. The third-order valence-corrected chi connectivity index (χ3v) is 2.32. The largest absolute Gasteiger partial charge is 0.366 e. The smallest absolute Gasteiger partial charge is 0.240 e. The quantitative estimate of drug-likeness (QED) is 0.833. The van der Waals surface area contributed by atoms with Gasteiger partial charge in [0, 0.05) is 12.4 Å². The number of aryl methyl sites for hydroxylation is 1. The van der Waals surface area contributed by atoms with E-state index in [1.807, 2.05) is 13.0 Å². The zero-order valence-corrected chi connectivity index (χ0v) is 9.06. The van der Waals surface area contributed by atoms with Gasteiger partial charge in [-0.1, -0.05) is 0 Å². The first-order valence-corrected chi connectivity index (χ1v) is 4.77. The Labute approximate surface area is 89.1 Å². The number of nitrogen functional groups attached to an aromatic ring is 1. The minimum atomic E-state index is 0.244. The Hall–Kier alpha value is -1.43. The van der Waals surface area contributed by atoms with Gasteiger partial charge >= 0.3 is 0 Å². The molecule has 2 heterocycles. The summed E-state index contributed by atoms with van der Waals surface area (Å²) < 4.78 is 2.22. The van der Waals surface area contributed by atoms with Crippen molar-refractivity contribution in [3.8, 4) is 5.69 Å². The highest BCUT2D eigenvalue weighted by Gasteiger charge is 2.08. The lowest BCUT2D eigenvalue weighted by atomic mass is 10.3. The Bertz CT molecular complexity index is 465. The second kappa shape index (κ2) is 3.38. The van der Waals surface area contributed by atoms with Gasteiger partial charge in [0.05, 0.1) is 5.69 Å². The highest BCUT2D eigenvalue weighted by atomic mass is 79.9. The van der Waals surface area contributed by atoms with Crippen LogP contribution in [-0.2, 0) is 0 Å². The summed E-state index contributed by atoms with van der Waals surface area (Å²) in [5, 5.41) is 4.05. The normalized spacial score (nSPS) is 10.4. The molecule has 0 aromatic carbocycles. The first kappa shape index (κ1) is 9.14. The molecule has 0 aliphatic carbocycles. The minimum absolute atomic E-state index is 0.244. The summed E-state index contributed by atoms with van der Waals surface area (Å²) in [7, 11) is 0. The third kappa shape index (κ3) is 1.48. The van der Waals surface area contributed by atoms with Crippen LogP contribution in [0.15, 0.2) is 23.2 Å². The first-order valence-electron chi connectivity index (χ1n) is 3.97. The Balaban J connectivity index is 2.60. The van der Waals surface area contributed by atoms with E-state index < -0.39 is 0 Å². The summed E-state index contributed by atoms with van der Waals surface area (Å²) in [6, 6.07) is 1.86. The fourth-order valence-electron chi connectivity index (χ4n) is 1.16. The van der Waals surface area contributed by atoms with Crippen LogP contribution < -0.4 is 5.73 Å². The van der Waals surface area contributed by atoms with Crippen LogP contribution in [0.25, 0.3) is 5.69 Å². The first-order chi connectivity index (χ1) is 6.68. The zero-order chi connectivity index (χ0) is 10.1. The van der Waals surface area contributed by atoms with Gasteiger partial charge in [0.2, 0.25) is 10.7 Å². The molecule has 0 aliphatic heterocycles. The molecule has 72 valence electrons. The lowest BCUT2D eigenvalue weighted by Crippen LogP contribution is -2.00. The number of rotatable bonds is 1. The van der Waals surface area contributed by atoms with Crippen molar-refractivity contribution in [3.63, 3.8) is 0 Å². The molecule has 0 spiro atoms. The van der Waals surface area contributed by atoms with Gasteiger partial charge in [0.25, 0.3) is 0 Å². The van der Waals surface area contributed by atoms with Crippen LogP contribution in [0.5, 0.6) is 0 Å². The molecular formula is C8H8BrN5. The standard InChI is InChI=1S/C8H8BrN5/c1-5-4-11-3-2-6(5)14-7(9)12-8(10)13-14/h2-4H,1H3,(H2,10,13). The van der Waals surface area contributed by atoms with E-state index in [0.29, 0.717) is 4.73 Å². The van der Waals surface area contributed by atoms with E-state index in [4.69, 9.17) is 5.73 Å². The minimum Gasteiger partial charge on any atom is -0.366 e. The molecule has 0 unspecified atom stereocenters. The average molecular weight is 254 g/mol. The SMILES string of the molecule is Cc1cnccc1-n1nc(N)nc1Br. The van der Waals surface area contributed by atoms with Crippen molar-refractivity contribution in [1.82, 2.24) is 19.7 Å². The van der Waals surface area contributed by atoms with E-state index in [-0.39, 0.29) is 5.95 Å². The van der Waals surface area contributed by atoms with E-state index in [2.05, 4.69) is 31.0 Å². The molecular weight excluding hydrogens is 246 g/mol. The Kier molecular flexibility index (Phi) is 2.20. The Morgan fingerprint density at radius 3 is 2.86 bits per heavy atom. The summed E-state index contributed by atoms with van der Waals surface area (Å²) in [6.07, 6.45) is 3.46. The van der Waals surface area contributed by atoms with Gasteiger partial charge in [-0.05, 0) is 34.5 Å². The van der Waals surface area contributed by atoms with Crippen molar-refractivity contribution < 1.29 is 0 Å². The third-order valence-electron chi connectivity index (χ3n) is 1.80. The van der Waals surface area contributed by atoms with E-state index >= 15 is 0 Å². The summed E-state index contributed by atoms with van der Waals surface area (Å²) >= 11 is 3.28. The molecule has 2 aromatic rings. The van der Waals surface area contributed by atoms with Crippen LogP contribution in [0.4, 0.5) is 5.95 Å². The van der Waals surface area contributed by atoms with Crippen LogP contribution in [0, 0.1) is 6.92 Å². The predicted octanol–water partition coefficient (Wildman–Crippen LogP) is 1.32. The van der Waals surface area contributed by atoms with Crippen molar-refractivity contribution >= 4 is 21.9 Å². The van der Waals surface area contributed by atoms with Crippen LogP contribution >= 0.6 is 15.9 Å². The van der Waals surface area contributed by atoms with Gasteiger partial charge in [0.1, 0.15) is 0 Å². The maximum atomic E-state index is 5.48. The number of anilines is 1. The molecule has 0 amide bonds. The van der Waals surface area contributed by atoms with Crippen molar-refractivity contribution in [2.75, 3.05) is 5.73 Å². The number of hydrogen-bond acceptors (Lipinski definition) is 4. The highest BCUT2D eigenvalue weighted by Crippen LogP contribution is 2.17. The molecule has 2 aromatic heterocycles. The predicted molar refractivity (Wildman–Crippen MR) is 56.0 cm³/mol. The number of pyridine rings is 1. The molecule has 2 N–H and O–H groups in total. The molecule has 2 rings (SSSR count). The second-order valence-electron chi connectivity index (χ2n) is 2.81. The topological polar surface area (TPSA) is 69.6 Å². The van der Waals surface area contributed by atoms with Gasteiger partial charge in [-0.3, -0.25) is 4.98 Å². The van der Waals surface area contributed by atoms with E-state index in [0.717, 1.165) is 11.3 Å². The number of hydrogen-bond donors (Lipinski definition) is 1. The van der Waals surface area contributed by atoms with E-state index in [9.17, 15) is 0 Å². The maximum absolute atomic E-state index is 5.48. The number of halogens is 1. The fraction of sp³-hybridized carbons (Fsp3) is 0.125. The van der Waals surface area contributed by atoms with Gasteiger partial charge in [-0.15, -0.1) is 5.10 Å². The lowest BCUT2D eigenvalue weighted by molar-refractivity contribution is 0.849. The number of nitrogens with two attached hydrogens (primary N) is 1. The molecule has 0 atom stereocenters. The molecule has 0 aliphatic rings. The van der Waals surface area contributed by atoms with Gasteiger partial charge in [0.15, 0.2) is 0 Å². The molecule has 0 bridgehead atoms. The summed E-state index contributed by atoms with van der Waals surface area (Å²) in [5.74, 6) is 0.244. The number of aromatic nitrogens is 4. The number of nitrogens with zero attached hydrogens (tertiary/aromatic N) is 4. The maximum Gasteiger partial charge on any atom is 0.240 e.